The van der Waals surface area contributed by atoms with E-state index in [2.05, 4.69) is 22.5 Å². The van der Waals surface area contributed by atoms with Gasteiger partial charge in [-0.1, -0.05) is 6.92 Å². The van der Waals surface area contributed by atoms with Crippen molar-refractivity contribution in [3.8, 4) is 0 Å². The van der Waals surface area contributed by atoms with Crippen LogP contribution >= 0.6 is 0 Å². The molecule has 0 aromatic heterocycles. The minimum atomic E-state index is 0.145. The molecule has 0 saturated carbocycles. The van der Waals surface area contributed by atoms with Gasteiger partial charge < -0.3 is 10.6 Å². The Hall–Kier alpha value is -0.610. The highest BCUT2D eigenvalue weighted by molar-refractivity contribution is 5.82. The van der Waals surface area contributed by atoms with Gasteiger partial charge in [0.1, 0.15) is 0 Å². The lowest BCUT2D eigenvalue weighted by Crippen LogP contribution is -2.44. The number of rotatable bonds is 6. The van der Waals surface area contributed by atoms with Crippen LogP contribution in [0.2, 0.25) is 0 Å². The largest absolute Gasteiger partial charge is 0.355 e. The van der Waals surface area contributed by atoms with Gasteiger partial charge in [0.2, 0.25) is 5.91 Å². The first-order valence-corrected chi connectivity index (χ1v) is 7.53. The molecule has 18 heavy (non-hydrogen) atoms. The molecule has 1 amide bonds. The SMILES string of the molecule is CCCN1CCCC1C(=O)NCCC1CCNC1. The van der Waals surface area contributed by atoms with Crippen LogP contribution < -0.4 is 10.6 Å². The minimum absolute atomic E-state index is 0.145. The second-order valence-corrected chi connectivity index (χ2v) is 5.63. The van der Waals surface area contributed by atoms with Crippen LogP contribution in [0.4, 0.5) is 0 Å². The van der Waals surface area contributed by atoms with Crippen LogP contribution in [0.5, 0.6) is 0 Å². The lowest BCUT2D eigenvalue weighted by Gasteiger charge is -2.23. The maximum Gasteiger partial charge on any atom is 0.237 e. The number of hydrogen-bond donors (Lipinski definition) is 2. The molecule has 0 aliphatic carbocycles. The molecule has 0 aromatic carbocycles. The second-order valence-electron chi connectivity index (χ2n) is 5.63. The molecule has 2 unspecified atom stereocenters. The topological polar surface area (TPSA) is 44.4 Å². The summed E-state index contributed by atoms with van der Waals surface area (Å²) in [6, 6.07) is 0.145. The predicted octanol–water partition coefficient (Wildman–Crippen LogP) is 0.977. The summed E-state index contributed by atoms with van der Waals surface area (Å²) in [7, 11) is 0. The van der Waals surface area contributed by atoms with E-state index in [1.54, 1.807) is 0 Å². The molecule has 2 aliphatic rings. The molecule has 2 rings (SSSR count). The van der Waals surface area contributed by atoms with E-state index in [1.807, 2.05) is 0 Å². The Balaban J connectivity index is 1.66. The zero-order chi connectivity index (χ0) is 12.8. The molecule has 0 bridgehead atoms. The molecule has 4 nitrogen and oxygen atoms in total. The number of carbonyl (C=O) groups is 1. The lowest BCUT2D eigenvalue weighted by atomic mass is 10.1. The minimum Gasteiger partial charge on any atom is -0.355 e. The third kappa shape index (κ3) is 3.69. The number of hydrogen-bond acceptors (Lipinski definition) is 3. The van der Waals surface area contributed by atoms with Crippen LogP contribution in [0.3, 0.4) is 0 Å². The molecule has 104 valence electrons. The van der Waals surface area contributed by atoms with Gasteiger partial charge in [-0.15, -0.1) is 0 Å². The molecule has 2 N–H and O–H groups in total. The zero-order valence-electron chi connectivity index (χ0n) is 11.6. The molecule has 2 fully saturated rings. The fourth-order valence-electron chi connectivity index (χ4n) is 3.16. The monoisotopic (exact) mass is 253 g/mol. The van der Waals surface area contributed by atoms with Crippen LogP contribution in [0, 0.1) is 5.92 Å². The summed E-state index contributed by atoms with van der Waals surface area (Å²) in [6.07, 6.45) is 5.74. The molecule has 2 aliphatic heterocycles. The first kappa shape index (κ1) is 13.8. The van der Waals surface area contributed by atoms with Gasteiger partial charge >= 0.3 is 0 Å². The molecule has 0 spiro atoms. The van der Waals surface area contributed by atoms with Crippen molar-refractivity contribution in [3.63, 3.8) is 0 Å². The van der Waals surface area contributed by atoms with Gasteiger partial charge in [-0.05, 0) is 64.2 Å². The zero-order valence-corrected chi connectivity index (χ0v) is 11.6. The van der Waals surface area contributed by atoms with Crippen LogP contribution in [0.15, 0.2) is 0 Å². The third-order valence-electron chi connectivity index (χ3n) is 4.19. The standard InChI is InChI=1S/C14H27N3O/c1-2-9-17-10-3-4-13(17)14(18)16-8-6-12-5-7-15-11-12/h12-13,15H,2-11H2,1H3,(H,16,18). The van der Waals surface area contributed by atoms with Crippen molar-refractivity contribution < 1.29 is 4.79 Å². The first-order chi connectivity index (χ1) is 8.81. The highest BCUT2D eigenvalue weighted by Crippen LogP contribution is 2.17. The smallest absolute Gasteiger partial charge is 0.237 e. The number of nitrogens with one attached hydrogen (secondary N) is 2. The first-order valence-electron chi connectivity index (χ1n) is 7.53. The van der Waals surface area contributed by atoms with E-state index in [0.717, 1.165) is 57.9 Å². The molecule has 0 radical (unpaired) electrons. The summed E-state index contributed by atoms with van der Waals surface area (Å²) in [6.45, 7) is 7.46. The summed E-state index contributed by atoms with van der Waals surface area (Å²) in [4.78, 5) is 14.5. The number of nitrogens with zero attached hydrogens (tertiary/aromatic N) is 1. The van der Waals surface area contributed by atoms with Crippen LogP contribution in [-0.2, 0) is 4.79 Å². The van der Waals surface area contributed by atoms with E-state index in [-0.39, 0.29) is 11.9 Å². The average Bonchev–Trinajstić information content (AvgIpc) is 3.00. The molecule has 2 atom stereocenters. The van der Waals surface area contributed by atoms with Crippen LogP contribution in [0.25, 0.3) is 0 Å². The fourth-order valence-corrected chi connectivity index (χ4v) is 3.16. The summed E-state index contributed by atoms with van der Waals surface area (Å²) in [5.74, 6) is 1.02. The molecule has 4 heteroatoms. The number of amides is 1. The highest BCUT2D eigenvalue weighted by atomic mass is 16.2. The van der Waals surface area contributed by atoms with Gasteiger partial charge in [0.05, 0.1) is 6.04 Å². The Morgan fingerprint density at radius 2 is 2.33 bits per heavy atom. The quantitative estimate of drug-likeness (QED) is 0.741. The van der Waals surface area contributed by atoms with Crippen LogP contribution in [-0.4, -0.2) is 49.6 Å². The predicted molar refractivity (Wildman–Crippen MR) is 73.5 cm³/mol. The Morgan fingerprint density at radius 3 is 3.06 bits per heavy atom. The Morgan fingerprint density at radius 1 is 1.44 bits per heavy atom. The fraction of sp³-hybridized carbons (Fsp3) is 0.929. The third-order valence-corrected chi connectivity index (χ3v) is 4.19. The van der Waals surface area contributed by atoms with Gasteiger partial charge in [-0.2, -0.15) is 0 Å². The van der Waals surface area contributed by atoms with Gasteiger partial charge in [0.15, 0.2) is 0 Å². The Kier molecular flexibility index (Phi) is 5.45. The van der Waals surface area contributed by atoms with E-state index in [9.17, 15) is 4.79 Å². The van der Waals surface area contributed by atoms with E-state index >= 15 is 0 Å². The van der Waals surface area contributed by atoms with E-state index in [4.69, 9.17) is 0 Å². The lowest BCUT2D eigenvalue weighted by molar-refractivity contribution is -0.125. The number of carbonyl (C=O) groups excluding carboxylic acids is 1. The highest BCUT2D eigenvalue weighted by Gasteiger charge is 2.29. The van der Waals surface area contributed by atoms with E-state index < -0.39 is 0 Å². The van der Waals surface area contributed by atoms with E-state index in [1.165, 1.54) is 12.8 Å². The van der Waals surface area contributed by atoms with Gasteiger partial charge in [-0.25, -0.2) is 0 Å². The normalized spacial score (nSPS) is 28.7. The van der Waals surface area contributed by atoms with E-state index in [0.29, 0.717) is 0 Å². The van der Waals surface area contributed by atoms with Gasteiger partial charge in [-0.3, -0.25) is 9.69 Å². The molecular weight excluding hydrogens is 226 g/mol. The van der Waals surface area contributed by atoms with Crippen molar-refractivity contribution in [3.05, 3.63) is 0 Å². The maximum atomic E-state index is 12.1. The Labute approximate surface area is 110 Å². The van der Waals surface area contributed by atoms with Crippen molar-refractivity contribution in [1.82, 2.24) is 15.5 Å². The molecular formula is C14H27N3O. The average molecular weight is 253 g/mol. The Bertz CT molecular complexity index is 264. The molecule has 0 aromatic rings. The van der Waals surface area contributed by atoms with Crippen molar-refractivity contribution >= 4 is 5.91 Å². The molecule has 2 saturated heterocycles. The summed E-state index contributed by atoms with van der Waals surface area (Å²) >= 11 is 0. The van der Waals surface area contributed by atoms with Crippen LogP contribution in [0.1, 0.15) is 39.0 Å². The van der Waals surface area contributed by atoms with Crippen molar-refractivity contribution in [2.75, 3.05) is 32.7 Å². The van der Waals surface area contributed by atoms with Crippen molar-refractivity contribution in [2.24, 2.45) is 5.92 Å². The second kappa shape index (κ2) is 7.10. The summed E-state index contributed by atoms with van der Waals surface area (Å²) in [5, 5.41) is 6.50. The maximum absolute atomic E-state index is 12.1. The van der Waals surface area contributed by atoms with Gasteiger partial charge in [0.25, 0.3) is 0 Å². The summed E-state index contributed by atoms with van der Waals surface area (Å²) in [5.41, 5.74) is 0. The van der Waals surface area contributed by atoms with Crippen molar-refractivity contribution in [2.45, 2.75) is 45.1 Å². The van der Waals surface area contributed by atoms with Crippen molar-refractivity contribution in [1.29, 1.82) is 0 Å². The number of likely N-dealkylation sites (tertiary alicyclic amines) is 1. The van der Waals surface area contributed by atoms with Gasteiger partial charge in [0, 0.05) is 6.54 Å². The molecule has 2 heterocycles. The summed E-state index contributed by atoms with van der Waals surface area (Å²) < 4.78 is 0.